The van der Waals surface area contributed by atoms with Crippen molar-refractivity contribution < 1.29 is 28.2 Å². The molecule has 0 saturated carbocycles. The molecule has 0 fully saturated rings. The van der Waals surface area contributed by atoms with Crippen molar-refractivity contribution in [3.8, 4) is 11.5 Å². The van der Waals surface area contributed by atoms with Crippen molar-refractivity contribution in [3.63, 3.8) is 0 Å². The number of hydrogen-bond donors (Lipinski definition) is 1. The number of nitrogens with one attached hydrogen (secondary N) is 1. The zero-order valence-electron chi connectivity index (χ0n) is 14.6. The van der Waals surface area contributed by atoms with E-state index in [0.29, 0.717) is 22.8 Å². The molecule has 2 rings (SSSR count). The second-order valence-electron chi connectivity index (χ2n) is 5.36. The van der Waals surface area contributed by atoms with Crippen molar-refractivity contribution in [1.82, 2.24) is 5.32 Å². The summed E-state index contributed by atoms with van der Waals surface area (Å²) in [6.07, 6.45) is 1.39. The number of rotatable bonds is 7. The topological polar surface area (TPSA) is 87.0 Å². The van der Waals surface area contributed by atoms with Crippen molar-refractivity contribution in [2.75, 3.05) is 20.8 Å². The molecule has 0 bridgehead atoms. The first kappa shape index (κ1) is 18.4. The van der Waals surface area contributed by atoms with Gasteiger partial charge in [0.1, 0.15) is 22.8 Å². The highest BCUT2D eigenvalue weighted by Gasteiger charge is 2.18. The summed E-state index contributed by atoms with van der Waals surface area (Å²) in [5, 5.41) is 2.76. The summed E-state index contributed by atoms with van der Waals surface area (Å²) in [7, 11) is 3.11. The van der Waals surface area contributed by atoms with E-state index in [9.17, 15) is 9.59 Å². The van der Waals surface area contributed by atoms with Crippen LogP contribution in [0, 0.1) is 6.92 Å². The highest BCUT2D eigenvalue weighted by atomic mass is 16.5. The molecule has 0 unspecified atom stereocenters. The zero-order chi connectivity index (χ0) is 18.4. The van der Waals surface area contributed by atoms with E-state index in [2.05, 4.69) is 5.32 Å². The first-order valence-corrected chi connectivity index (χ1v) is 7.68. The fourth-order valence-corrected chi connectivity index (χ4v) is 2.34. The van der Waals surface area contributed by atoms with E-state index in [4.69, 9.17) is 18.6 Å². The molecule has 1 aromatic carbocycles. The van der Waals surface area contributed by atoms with E-state index in [1.807, 2.05) is 0 Å². The van der Waals surface area contributed by atoms with E-state index in [-0.39, 0.29) is 12.6 Å². The Morgan fingerprint density at radius 2 is 1.96 bits per heavy atom. The maximum Gasteiger partial charge on any atom is 0.342 e. The van der Waals surface area contributed by atoms with Gasteiger partial charge in [0.2, 0.25) is 0 Å². The Morgan fingerprint density at radius 3 is 2.56 bits per heavy atom. The molecule has 25 heavy (non-hydrogen) atoms. The Balaban J connectivity index is 1.96. The molecule has 0 aliphatic carbocycles. The number of benzene rings is 1. The molecule has 0 radical (unpaired) electrons. The predicted octanol–water partition coefficient (Wildman–Crippen LogP) is 2.64. The highest BCUT2D eigenvalue weighted by Crippen LogP contribution is 2.29. The van der Waals surface area contributed by atoms with Crippen molar-refractivity contribution >= 4 is 11.9 Å². The fourth-order valence-electron chi connectivity index (χ4n) is 2.34. The van der Waals surface area contributed by atoms with Crippen LogP contribution in [0.3, 0.4) is 0 Å². The van der Waals surface area contributed by atoms with Crippen LogP contribution in [0.25, 0.3) is 0 Å². The van der Waals surface area contributed by atoms with Crippen LogP contribution in [0.5, 0.6) is 11.5 Å². The van der Waals surface area contributed by atoms with Crippen LogP contribution < -0.4 is 14.8 Å². The summed E-state index contributed by atoms with van der Waals surface area (Å²) in [5.74, 6) is 0.693. The first-order chi connectivity index (χ1) is 12.0. The minimum absolute atomic E-state index is 0.301. The van der Waals surface area contributed by atoms with E-state index in [1.165, 1.54) is 12.3 Å². The van der Waals surface area contributed by atoms with Gasteiger partial charge >= 0.3 is 5.97 Å². The van der Waals surface area contributed by atoms with Crippen LogP contribution in [0.4, 0.5) is 0 Å². The van der Waals surface area contributed by atoms with Gasteiger partial charge in [0, 0.05) is 5.56 Å². The van der Waals surface area contributed by atoms with Crippen LogP contribution in [0.1, 0.15) is 34.6 Å². The van der Waals surface area contributed by atoms with Gasteiger partial charge in [-0.25, -0.2) is 4.79 Å². The minimum atomic E-state index is -0.604. The number of hydrogen-bond acceptors (Lipinski definition) is 6. The van der Waals surface area contributed by atoms with Gasteiger partial charge in [-0.2, -0.15) is 0 Å². The fraction of sp³-hybridized carbons (Fsp3) is 0.333. The van der Waals surface area contributed by atoms with E-state index < -0.39 is 11.9 Å². The number of methoxy groups -OCH3 is 2. The van der Waals surface area contributed by atoms with Crippen LogP contribution in [0.2, 0.25) is 0 Å². The summed E-state index contributed by atoms with van der Waals surface area (Å²) >= 11 is 0. The van der Waals surface area contributed by atoms with Gasteiger partial charge in [-0.1, -0.05) is 0 Å². The number of furan rings is 1. The standard InChI is InChI=1S/C18H21NO6/c1-11(15-9-13(22-3)5-6-16(15)23-4)19-17(20)10-25-18(21)14-7-8-24-12(14)2/h5-9,11H,10H2,1-4H3,(H,19,20)/t11-/m0/s1. The van der Waals surface area contributed by atoms with Gasteiger partial charge in [0.15, 0.2) is 6.61 Å². The smallest absolute Gasteiger partial charge is 0.342 e. The minimum Gasteiger partial charge on any atom is -0.497 e. The van der Waals surface area contributed by atoms with Crippen molar-refractivity contribution in [2.24, 2.45) is 0 Å². The lowest BCUT2D eigenvalue weighted by molar-refractivity contribution is -0.124. The molecule has 0 saturated heterocycles. The van der Waals surface area contributed by atoms with Gasteiger partial charge in [0.25, 0.3) is 5.91 Å². The van der Waals surface area contributed by atoms with Gasteiger partial charge in [-0.15, -0.1) is 0 Å². The Morgan fingerprint density at radius 1 is 1.20 bits per heavy atom. The lowest BCUT2D eigenvalue weighted by Gasteiger charge is -2.18. The van der Waals surface area contributed by atoms with Crippen LogP contribution >= 0.6 is 0 Å². The van der Waals surface area contributed by atoms with Crippen LogP contribution in [0.15, 0.2) is 34.9 Å². The Hall–Kier alpha value is -2.96. The summed E-state index contributed by atoms with van der Waals surface area (Å²) < 4.78 is 20.5. The molecule has 0 aliphatic rings. The number of carbonyl (C=O) groups is 2. The monoisotopic (exact) mass is 347 g/mol. The predicted molar refractivity (Wildman–Crippen MR) is 89.8 cm³/mol. The molecule has 7 nitrogen and oxygen atoms in total. The third-order valence-corrected chi connectivity index (χ3v) is 3.69. The quantitative estimate of drug-likeness (QED) is 0.775. The molecule has 2 aromatic rings. The number of aryl methyl sites for hydroxylation is 1. The maximum atomic E-state index is 12.1. The molecule has 134 valence electrons. The first-order valence-electron chi connectivity index (χ1n) is 7.68. The molecule has 1 amide bonds. The summed E-state index contributed by atoms with van der Waals surface area (Å²) in [6, 6.07) is 6.46. The Kier molecular flexibility index (Phi) is 6.05. The van der Waals surface area contributed by atoms with E-state index in [1.54, 1.807) is 46.3 Å². The molecule has 7 heteroatoms. The highest BCUT2D eigenvalue weighted by molar-refractivity contribution is 5.92. The van der Waals surface area contributed by atoms with Gasteiger partial charge in [0.05, 0.1) is 26.5 Å². The Labute approximate surface area is 145 Å². The molecule has 0 aliphatic heterocycles. The number of ether oxygens (including phenoxy) is 3. The van der Waals surface area contributed by atoms with Crippen molar-refractivity contribution in [3.05, 3.63) is 47.4 Å². The molecule has 1 aromatic heterocycles. The third kappa shape index (κ3) is 4.53. The summed E-state index contributed by atoms with van der Waals surface area (Å²) in [5.41, 5.74) is 1.06. The normalized spacial score (nSPS) is 11.5. The zero-order valence-corrected chi connectivity index (χ0v) is 14.6. The lowest BCUT2D eigenvalue weighted by Crippen LogP contribution is -2.31. The van der Waals surface area contributed by atoms with E-state index in [0.717, 1.165) is 5.56 Å². The van der Waals surface area contributed by atoms with Gasteiger partial charge in [-0.3, -0.25) is 4.79 Å². The van der Waals surface area contributed by atoms with Crippen molar-refractivity contribution in [1.29, 1.82) is 0 Å². The number of esters is 1. The lowest BCUT2D eigenvalue weighted by atomic mass is 10.1. The molecule has 1 N–H and O–H groups in total. The molecule has 1 heterocycles. The number of carbonyl (C=O) groups excluding carboxylic acids is 2. The van der Waals surface area contributed by atoms with E-state index >= 15 is 0 Å². The maximum absolute atomic E-state index is 12.1. The second-order valence-corrected chi connectivity index (χ2v) is 5.36. The van der Waals surface area contributed by atoms with Gasteiger partial charge < -0.3 is 23.9 Å². The summed E-state index contributed by atoms with van der Waals surface area (Å²) in [6.45, 7) is 3.06. The molecule has 1 atom stereocenters. The number of amides is 1. The van der Waals surface area contributed by atoms with Crippen LogP contribution in [-0.2, 0) is 9.53 Å². The molecular formula is C18H21NO6. The van der Waals surface area contributed by atoms with Crippen LogP contribution in [-0.4, -0.2) is 32.7 Å². The SMILES string of the molecule is COc1ccc(OC)c([C@H](C)NC(=O)COC(=O)c2ccoc2C)c1. The largest absolute Gasteiger partial charge is 0.497 e. The molecular weight excluding hydrogens is 326 g/mol. The third-order valence-electron chi connectivity index (χ3n) is 3.69. The average molecular weight is 347 g/mol. The van der Waals surface area contributed by atoms with Crippen molar-refractivity contribution in [2.45, 2.75) is 19.9 Å². The van der Waals surface area contributed by atoms with Gasteiger partial charge in [-0.05, 0) is 38.1 Å². The molecule has 0 spiro atoms. The summed E-state index contributed by atoms with van der Waals surface area (Å²) in [4.78, 5) is 23.9. The second kappa shape index (κ2) is 8.23. The Bertz CT molecular complexity index is 752. The average Bonchev–Trinajstić information content (AvgIpc) is 3.05.